The van der Waals surface area contributed by atoms with E-state index in [2.05, 4.69) is 4.98 Å². The van der Waals surface area contributed by atoms with Gasteiger partial charge in [-0.3, -0.25) is 9.36 Å². The van der Waals surface area contributed by atoms with E-state index in [9.17, 15) is 19.2 Å². The van der Waals surface area contributed by atoms with Crippen LogP contribution in [0, 0.1) is 0 Å². The second-order valence-electron chi connectivity index (χ2n) is 7.87. The number of rotatable bonds is 2. The summed E-state index contributed by atoms with van der Waals surface area (Å²) < 4.78 is 6.52. The molecule has 0 unspecified atom stereocenters. The summed E-state index contributed by atoms with van der Waals surface area (Å²) in [5, 5.41) is 9.31. The van der Waals surface area contributed by atoms with Crippen molar-refractivity contribution in [1.82, 2.24) is 14.5 Å². The third kappa shape index (κ3) is 3.92. The molecule has 1 amide bonds. The lowest BCUT2D eigenvalue weighted by Gasteiger charge is -2.33. The van der Waals surface area contributed by atoms with Crippen LogP contribution < -0.4 is 11.2 Å². The summed E-state index contributed by atoms with van der Waals surface area (Å²) >= 11 is 0. The number of fused-ring (bicyclic) bond motifs is 1. The van der Waals surface area contributed by atoms with E-state index >= 15 is 0 Å². The first kappa shape index (κ1) is 19.7. The third-order valence-electron chi connectivity index (χ3n) is 4.66. The van der Waals surface area contributed by atoms with Gasteiger partial charge < -0.3 is 19.7 Å². The van der Waals surface area contributed by atoms with Gasteiger partial charge in [-0.1, -0.05) is 0 Å². The maximum absolute atomic E-state index is 12.8. The standard InChI is InChI=1S/C19H23N3O6/c1-19(2,3)28-18(27)21-8-6-12(7-9-21)22-15(23)13-5-4-11(16(24)25)10-14(13)20-17(22)26/h4-5,10,12H,6-9H2,1-3H3,(H,20,26)(H,24,25). The van der Waals surface area contributed by atoms with E-state index in [1.807, 2.05) is 0 Å². The minimum atomic E-state index is -1.14. The number of hydrogen-bond acceptors (Lipinski definition) is 5. The van der Waals surface area contributed by atoms with Crippen LogP contribution in [0.15, 0.2) is 27.8 Å². The first-order valence-corrected chi connectivity index (χ1v) is 9.06. The molecule has 28 heavy (non-hydrogen) atoms. The smallest absolute Gasteiger partial charge is 0.410 e. The van der Waals surface area contributed by atoms with Crippen LogP contribution in [0.1, 0.15) is 50.0 Å². The molecule has 1 saturated heterocycles. The summed E-state index contributed by atoms with van der Waals surface area (Å²) in [6, 6.07) is 3.66. The zero-order valence-corrected chi connectivity index (χ0v) is 16.0. The maximum Gasteiger partial charge on any atom is 0.410 e. The first-order valence-electron chi connectivity index (χ1n) is 9.06. The van der Waals surface area contributed by atoms with Crippen LogP contribution in [0.5, 0.6) is 0 Å². The Bertz CT molecular complexity index is 1040. The van der Waals surface area contributed by atoms with Gasteiger partial charge in [0.2, 0.25) is 0 Å². The highest BCUT2D eigenvalue weighted by Crippen LogP contribution is 2.22. The van der Waals surface area contributed by atoms with Crippen LogP contribution >= 0.6 is 0 Å². The summed E-state index contributed by atoms with van der Waals surface area (Å²) in [6.07, 6.45) is 0.481. The maximum atomic E-state index is 12.8. The highest BCUT2D eigenvalue weighted by atomic mass is 16.6. The topological polar surface area (TPSA) is 122 Å². The van der Waals surface area contributed by atoms with E-state index in [0.29, 0.717) is 25.9 Å². The Morgan fingerprint density at radius 1 is 1.18 bits per heavy atom. The number of nitrogens with one attached hydrogen (secondary N) is 1. The molecule has 0 bridgehead atoms. The molecule has 0 saturated carbocycles. The van der Waals surface area contributed by atoms with E-state index in [1.54, 1.807) is 25.7 Å². The number of nitrogens with zero attached hydrogens (tertiary/aromatic N) is 2. The number of aromatic amines is 1. The number of benzene rings is 1. The van der Waals surface area contributed by atoms with Crippen molar-refractivity contribution in [2.24, 2.45) is 0 Å². The fourth-order valence-corrected chi connectivity index (χ4v) is 3.33. The van der Waals surface area contributed by atoms with Crippen LogP contribution in [0.2, 0.25) is 0 Å². The largest absolute Gasteiger partial charge is 0.478 e. The van der Waals surface area contributed by atoms with Crippen molar-refractivity contribution >= 4 is 23.0 Å². The Morgan fingerprint density at radius 2 is 1.82 bits per heavy atom. The molecule has 0 radical (unpaired) electrons. The summed E-state index contributed by atoms with van der Waals surface area (Å²) in [5.74, 6) is -1.14. The third-order valence-corrected chi connectivity index (χ3v) is 4.66. The van der Waals surface area contributed by atoms with Gasteiger partial charge in [0.05, 0.1) is 16.5 Å². The van der Waals surface area contributed by atoms with Crippen molar-refractivity contribution in [3.8, 4) is 0 Å². The minimum absolute atomic E-state index is 0.00836. The zero-order chi connectivity index (χ0) is 20.6. The number of carboxylic acid groups (broad SMARTS) is 1. The quantitative estimate of drug-likeness (QED) is 0.810. The van der Waals surface area contributed by atoms with E-state index in [0.717, 1.165) is 4.57 Å². The predicted molar refractivity (Wildman–Crippen MR) is 102 cm³/mol. The van der Waals surface area contributed by atoms with Gasteiger partial charge in [-0.15, -0.1) is 0 Å². The average Bonchev–Trinajstić information content (AvgIpc) is 2.60. The van der Waals surface area contributed by atoms with Gasteiger partial charge in [0.15, 0.2) is 0 Å². The fraction of sp³-hybridized carbons (Fsp3) is 0.474. The number of amides is 1. The van der Waals surface area contributed by atoms with E-state index in [1.165, 1.54) is 18.2 Å². The number of piperidine rings is 1. The SMILES string of the molecule is CC(C)(C)OC(=O)N1CCC(n2c(=O)[nH]c3cc(C(=O)O)ccc3c2=O)CC1. The van der Waals surface area contributed by atoms with Crippen molar-refractivity contribution < 1.29 is 19.4 Å². The monoisotopic (exact) mass is 389 g/mol. The molecule has 2 N–H and O–H groups in total. The number of aromatic carboxylic acids is 1. The number of H-pyrrole nitrogens is 1. The average molecular weight is 389 g/mol. The van der Waals surface area contributed by atoms with Crippen molar-refractivity contribution in [2.45, 2.75) is 45.3 Å². The second-order valence-corrected chi connectivity index (χ2v) is 7.87. The van der Waals surface area contributed by atoms with Crippen LogP contribution in [0.4, 0.5) is 4.79 Å². The number of carboxylic acids is 1. The molecule has 1 aliphatic rings. The Kier molecular flexibility index (Phi) is 5.01. The van der Waals surface area contributed by atoms with Crippen molar-refractivity contribution in [3.63, 3.8) is 0 Å². The number of aromatic nitrogens is 2. The molecule has 3 rings (SSSR count). The Morgan fingerprint density at radius 3 is 2.39 bits per heavy atom. The lowest BCUT2D eigenvalue weighted by molar-refractivity contribution is 0.0186. The van der Waals surface area contributed by atoms with Crippen molar-refractivity contribution in [3.05, 3.63) is 44.6 Å². The second kappa shape index (κ2) is 7.14. The lowest BCUT2D eigenvalue weighted by Crippen LogP contribution is -2.46. The van der Waals surface area contributed by atoms with Gasteiger partial charge in [-0.25, -0.2) is 14.4 Å². The zero-order valence-electron chi connectivity index (χ0n) is 16.0. The molecule has 150 valence electrons. The van der Waals surface area contributed by atoms with Crippen LogP contribution in [0.3, 0.4) is 0 Å². The predicted octanol–water partition coefficient (Wildman–Crippen LogP) is 1.96. The molecule has 0 aliphatic carbocycles. The summed E-state index contributed by atoms with van der Waals surface area (Å²) in [7, 11) is 0. The summed E-state index contributed by atoms with van der Waals surface area (Å²) in [5.41, 5.74) is -1.46. The van der Waals surface area contributed by atoms with E-state index in [-0.39, 0.29) is 22.5 Å². The van der Waals surface area contributed by atoms with Gasteiger partial charge in [-0.2, -0.15) is 0 Å². The minimum Gasteiger partial charge on any atom is -0.478 e. The molecule has 2 heterocycles. The van der Waals surface area contributed by atoms with E-state index in [4.69, 9.17) is 9.84 Å². The van der Waals surface area contributed by atoms with Gasteiger partial charge in [-0.05, 0) is 51.8 Å². The van der Waals surface area contributed by atoms with E-state index < -0.39 is 28.9 Å². The molecule has 9 heteroatoms. The van der Waals surface area contributed by atoms with Gasteiger partial charge in [0, 0.05) is 19.1 Å². The Hall–Kier alpha value is -3.10. The molecule has 1 aromatic carbocycles. The highest BCUT2D eigenvalue weighted by molar-refractivity contribution is 5.92. The number of carbonyl (C=O) groups is 2. The molecular weight excluding hydrogens is 366 g/mol. The molecule has 1 fully saturated rings. The van der Waals surface area contributed by atoms with Gasteiger partial charge >= 0.3 is 17.8 Å². The van der Waals surface area contributed by atoms with Crippen LogP contribution in [-0.4, -0.2) is 50.3 Å². The fourth-order valence-electron chi connectivity index (χ4n) is 3.33. The molecule has 2 aromatic rings. The van der Waals surface area contributed by atoms with Crippen LogP contribution in [-0.2, 0) is 4.74 Å². The normalized spacial score (nSPS) is 15.6. The molecular formula is C19H23N3O6. The Balaban J connectivity index is 1.84. The number of ether oxygens (including phenoxy) is 1. The summed E-state index contributed by atoms with van der Waals surface area (Å²) in [4.78, 5) is 52.7. The van der Waals surface area contributed by atoms with Crippen LogP contribution in [0.25, 0.3) is 10.9 Å². The molecule has 0 atom stereocenters. The number of carbonyl (C=O) groups excluding carboxylic acids is 1. The molecule has 1 aliphatic heterocycles. The molecule has 1 aromatic heterocycles. The molecule has 0 spiro atoms. The first-order chi connectivity index (χ1) is 13.1. The molecule has 9 nitrogen and oxygen atoms in total. The number of likely N-dealkylation sites (tertiary alicyclic amines) is 1. The van der Waals surface area contributed by atoms with Crippen molar-refractivity contribution in [2.75, 3.05) is 13.1 Å². The number of hydrogen-bond donors (Lipinski definition) is 2. The lowest BCUT2D eigenvalue weighted by atomic mass is 10.0. The van der Waals surface area contributed by atoms with Gasteiger partial charge in [0.25, 0.3) is 5.56 Å². The highest BCUT2D eigenvalue weighted by Gasteiger charge is 2.29. The van der Waals surface area contributed by atoms with Crippen molar-refractivity contribution in [1.29, 1.82) is 0 Å². The Labute approximate surface area is 160 Å². The summed E-state index contributed by atoms with van der Waals surface area (Å²) in [6.45, 7) is 6.13. The van der Waals surface area contributed by atoms with Gasteiger partial charge in [0.1, 0.15) is 5.60 Å².